The molecule has 0 bridgehead atoms. The second-order valence-corrected chi connectivity index (χ2v) is 5.84. The first-order chi connectivity index (χ1) is 10.5. The lowest BCUT2D eigenvalue weighted by Gasteiger charge is -2.35. The van der Waals surface area contributed by atoms with Crippen molar-refractivity contribution in [3.05, 3.63) is 27.7 Å². The third-order valence-electron chi connectivity index (χ3n) is 3.66. The van der Waals surface area contributed by atoms with Gasteiger partial charge in [0.2, 0.25) is 5.91 Å². The smallest absolute Gasteiger partial charge is 0.257 e. The number of ether oxygens (including phenoxy) is 1. The van der Waals surface area contributed by atoms with Crippen LogP contribution in [0.5, 0.6) is 5.75 Å². The molecule has 2 rings (SSSR count). The number of methoxy groups -OCH3 is 1. The number of carbonyl (C=O) groups excluding carboxylic acids is 2. The molecule has 0 unspecified atom stereocenters. The molecule has 2 amide bonds. The van der Waals surface area contributed by atoms with E-state index in [1.165, 1.54) is 13.2 Å². The normalized spacial score (nSPS) is 14.9. The molecule has 0 spiro atoms. The average molecular weight is 345 g/mol. The van der Waals surface area contributed by atoms with E-state index in [1.807, 2.05) is 6.92 Å². The first kappa shape index (κ1) is 16.9. The van der Waals surface area contributed by atoms with Crippen LogP contribution in [0.25, 0.3) is 0 Å². The van der Waals surface area contributed by atoms with Crippen LogP contribution in [0.3, 0.4) is 0 Å². The highest BCUT2D eigenvalue weighted by Gasteiger charge is 2.27. The highest BCUT2D eigenvalue weighted by atomic mass is 35.5. The number of nitrogens with zero attached hydrogens (tertiary/aromatic N) is 2. The Morgan fingerprint density at radius 1 is 1.14 bits per heavy atom. The summed E-state index contributed by atoms with van der Waals surface area (Å²) in [7, 11) is 1.46. The Bertz CT molecular complexity index is 584. The van der Waals surface area contributed by atoms with Gasteiger partial charge in [-0.2, -0.15) is 0 Å². The van der Waals surface area contributed by atoms with Crippen LogP contribution in [-0.4, -0.2) is 54.9 Å². The van der Waals surface area contributed by atoms with E-state index in [-0.39, 0.29) is 11.8 Å². The molecule has 1 fully saturated rings. The van der Waals surface area contributed by atoms with Crippen molar-refractivity contribution in [3.8, 4) is 5.75 Å². The summed E-state index contributed by atoms with van der Waals surface area (Å²) >= 11 is 12.1. The van der Waals surface area contributed by atoms with Gasteiger partial charge in [0.1, 0.15) is 5.75 Å². The largest absolute Gasteiger partial charge is 0.494 e. The van der Waals surface area contributed by atoms with Gasteiger partial charge in [0, 0.05) is 37.6 Å². The van der Waals surface area contributed by atoms with E-state index in [9.17, 15) is 9.59 Å². The molecular weight excluding hydrogens is 327 g/mol. The Morgan fingerprint density at radius 3 is 2.27 bits per heavy atom. The van der Waals surface area contributed by atoms with Gasteiger partial charge in [-0.15, -0.1) is 0 Å². The molecule has 1 aromatic carbocycles. The van der Waals surface area contributed by atoms with E-state index in [2.05, 4.69) is 0 Å². The number of hydrogen-bond acceptors (Lipinski definition) is 3. The number of rotatable bonds is 3. The topological polar surface area (TPSA) is 49.9 Å². The van der Waals surface area contributed by atoms with E-state index in [1.54, 1.807) is 15.9 Å². The molecule has 0 atom stereocenters. The maximum absolute atomic E-state index is 12.7. The highest BCUT2D eigenvalue weighted by Crippen LogP contribution is 2.33. The summed E-state index contributed by atoms with van der Waals surface area (Å²) in [5.74, 6) is 0.239. The predicted molar refractivity (Wildman–Crippen MR) is 85.8 cm³/mol. The first-order valence-corrected chi connectivity index (χ1v) is 7.83. The van der Waals surface area contributed by atoms with Crippen molar-refractivity contribution in [2.75, 3.05) is 33.3 Å². The summed E-state index contributed by atoms with van der Waals surface area (Å²) in [5.41, 5.74) is 0.343. The zero-order valence-electron chi connectivity index (χ0n) is 12.6. The number of piperazine rings is 1. The summed E-state index contributed by atoms with van der Waals surface area (Å²) in [6.45, 7) is 3.87. The molecule has 1 aromatic rings. The zero-order chi connectivity index (χ0) is 16.3. The van der Waals surface area contributed by atoms with Gasteiger partial charge < -0.3 is 14.5 Å². The maximum atomic E-state index is 12.7. The molecular formula is C15H18Cl2N2O3. The van der Waals surface area contributed by atoms with Crippen LogP contribution >= 0.6 is 23.2 Å². The van der Waals surface area contributed by atoms with Crippen LogP contribution in [0.4, 0.5) is 0 Å². The van der Waals surface area contributed by atoms with E-state index in [4.69, 9.17) is 27.9 Å². The summed E-state index contributed by atoms with van der Waals surface area (Å²) < 4.78 is 5.22. The minimum atomic E-state index is -0.190. The van der Waals surface area contributed by atoms with Crippen LogP contribution < -0.4 is 4.74 Å². The Labute approximate surface area is 139 Å². The second-order valence-electron chi connectivity index (χ2n) is 4.99. The molecule has 1 aliphatic rings. The van der Waals surface area contributed by atoms with Crippen molar-refractivity contribution in [1.29, 1.82) is 0 Å². The second kappa shape index (κ2) is 7.20. The Kier molecular flexibility index (Phi) is 5.53. The van der Waals surface area contributed by atoms with Gasteiger partial charge in [-0.25, -0.2) is 0 Å². The van der Waals surface area contributed by atoms with Gasteiger partial charge in [0.15, 0.2) is 0 Å². The van der Waals surface area contributed by atoms with Crippen molar-refractivity contribution in [2.24, 2.45) is 0 Å². The number of benzene rings is 1. The third-order valence-corrected chi connectivity index (χ3v) is 4.16. The Morgan fingerprint density at radius 2 is 1.73 bits per heavy atom. The summed E-state index contributed by atoms with van der Waals surface area (Å²) in [6.07, 6.45) is 0.478. The minimum Gasteiger partial charge on any atom is -0.494 e. The molecule has 1 heterocycles. The van der Waals surface area contributed by atoms with Crippen molar-refractivity contribution in [1.82, 2.24) is 9.80 Å². The molecule has 1 saturated heterocycles. The van der Waals surface area contributed by atoms with Crippen LogP contribution in [0.1, 0.15) is 23.7 Å². The SMILES string of the molecule is CCC(=O)N1CCN(C(=O)c2cc(Cl)cc(Cl)c2OC)CC1. The van der Waals surface area contributed by atoms with Gasteiger partial charge in [-0.3, -0.25) is 9.59 Å². The van der Waals surface area contributed by atoms with Crippen molar-refractivity contribution < 1.29 is 14.3 Å². The first-order valence-electron chi connectivity index (χ1n) is 7.08. The maximum Gasteiger partial charge on any atom is 0.257 e. The number of halogens is 2. The van der Waals surface area contributed by atoms with Gasteiger partial charge in [0.05, 0.1) is 17.7 Å². The zero-order valence-corrected chi connectivity index (χ0v) is 14.1. The Hall–Kier alpha value is -1.46. The van der Waals surface area contributed by atoms with Crippen LogP contribution in [-0.2, 0) is 4.79 Å². The molecule has 1 aliphatic heterocycles. The van der Waals surface area contributed by atoms with Gasteiger partial charge >= 0.3 is 0 Å². The fraction of sp³-hybridized carbons (Fsp3) is 0.467. The number of hydrogen-bond donors (Lipinski definition) is 0. The molecule has 5 nitrogen and oxygen atoms in total. The van der Waals surface area contributed by atoms with Crippen molar-refractivity contribution in [2.45, 2.75) is 13.3 Å². The number of carbonyl (C=O) groups is 2. The highest BCUT2D eigenvalue weighted by molar-refractivity contribution is 6.36. The van der Waals surface area contributed by atoms with Gasteiger partial charge in [0.25, 0.3) is 5.91 Å². The minimum absolute atomic E-state index is 0.107. The average Bonchev–Trinajstić information content (AvgIpc) is 2.53. The molecule has 0 aromatic heterocycles. The lowest BCUT2D eigenvalue weighted by atomic mass is 10.1. The van der Waals surface area contributed by atoms with E-state index in [0.717, 1.165) is 0 Å². The van der Waals surface area contributed by atoms with Crippen molar-refractivity contribution in [3.63, 3.8) is 0 Å². The molecule has 7 heteroatoms. The van der Waals surface area contributed by atoms with Crippen LogP contribution in [0.2, 0.25) is 10.0 Å². The lowest BCUT2D eigenvalue weighted by Crippen LogP contribution is -2.50. The molecule has 120 valence electrons. The van der Waals surface area contributed by atoms with Crippen molar-refractivity contribution >= 4 is 35.0 Å². The molecule has 0 N–H and O–H groups in total. The summed E-state index contributed by atoms with van der Waals surface area (Å²) in [6, 6.07) is 3.09. The van der Waals surface area contributed by atoms with Gasteiger partial charge in [-0.05, 0) is 12.1 Å². The lowest BCUT2D eigenvalue weighted by molar-refractivity contribution is -0.132. The third kappa shape index (κ3) is 3.47. The van der Waals surface area contributed by atoms with Gasteiger partial charge in [-0.1, -0.05) is 30.1 Å². The summed E-state index contributed by atoms with van der Waals surface area (Å²) in [5, 5.41) is 0.687. The standard InChI is InChI=1S/C15H18Cl2N2O3/c1-3-13(20)18-4-6-19(7-5-18)15(21)11-8-10(16)9-12(17)14(11)22-2/h8-9H,3-7H2,1-2H3. The van der Waals surface area contributed by atoms with E-state index < -0.39 is 0 Å². The fourth-order valence-electron chi connectivity index (χ4n) is 2.48. The number of amides is 2. The molecule has 0 aliphatic carbocycles. The molecule has 22 heavy (non-hydrogen) atoms. The van der Waals surface area contributed by atoms with E-state index >= 15 is 0 Å². The van der Waals surface area contributed by atoms with E-state index in [0.29, 0.717) is 54.0 Å². The Balaban J connectivity index is 2.15. The quantitative estimate of drug-likeness (QED) is 0.846. The molecule has 0 saturated carbocycles. The fourth-order valence-corrected chi connectivity index (χ4v) is 3.05. The predicted octanol–water partition coefficient (Wildman–Crippen LogP) is 2.70. The van der Waals surface area contributed by atoms with Crippen LogP contribution in [0, 0.1) is 0 Å². The monoisotopic (exact) mass is 344 g/mol. The summed E-state index contributed by atoms with van der Waals surface area (Å²) in [4.78, 5) is 27.8. The molecule has 0 radical (unpaired) electrons. The van der Waals surface area contributed by atoms with Crippen LogP contribution in [0.15, 0.2) is 12.1 Å².